The molecule has 0 aliphatic rings. The van der Waals surface area contributed by atoms with Crippen molar-refractivity contribution in [1.82, 2.24) is 15.0 Å². The second-order valence-corrected chi connectivity index (χ2v) is 7.89. The van der Waals surface area contributed by atoms with E-state index in [9.17, 15) is 22.4 Å². The summed E-state index contributed by atoms with van der Waals surface area (Å²) in [7, 11) is 0. The van der Waals surface area contributed by atoms with E-state index in [2.05, 4.69) is 15.0 Å². The molecule has 0 fully saturated rings. The highest BCUT2D eigenvalue weighted by Gasteiger charge is 2.20. The van der Waals surface area contributed by atoms with Gasteiger partial charge in [-0.3, -0.25) is 4.79 Å². The minimum atomic E-state index is -0.985. The zero-order valence-corrected chi connectivity index (χ0v) is 17.2. The number of imidazole rings is 1. The van der Waals surface area contributed by atoms with Gasteiger partial charge < -0.3 is 9.97 Å². The third kappa shape index (κ3) is 2.92. The summed E-state index contributed by atoms with van der Waals surface area (Å²) in [6.45, 7) is 0. The zero-order chi connectivity index (χ0) is 23.6. The van der Waals surface area contributed by atoms with Crippen molar-refractivity contribution in [2.75, 3.05) is 0 Å². The number of nitrogens with zero attached hydrogens (tertiary/aromatic N) is 1. The van der Waals surface area contributed by atoms with Gasteiger partial charge in [-0.1, -0.05) is 24.3 Å². The number of halogens is 4. The standard InChI is InChI=1S/C26H13F4N3O/c27-17-7-5-13(11-20(17)30)12-4-6-14-16(10-12)21-15(8-9-31-26(21)34)24-23(14)32-25(33-24)22-18(28)2-1-3-19(22)29/h1-11H,(H,31,34)(H,32,33). The Kier molecular flexibility index (Phi) is 4.32. The second-order valence-electron chi connectivity index (χ2n) is 7.89. The van der Waals surface area contributed by atoms with Crippen molar-refractivity contribution in [3.63, 3.8) is 0 Å². The van der Waals surface area contributed by atoms with Crippen LogP contribution in [0.4, 0.5) is 17.6 Å². The first-order valence-corrected chi connectivity index (χ1v) is 10.3. The van der Waals surface area contributed by atoms with Crippen LogP contribution in [0, 0.1) is 23.3 Å². The molecule has 2 N–H and O–H groups in total. The summed E-state index contributed by atoms with van der Waals surface area (Å²) < 4.78 is 56.1. The van der Waals surface area contributed by atoms with E-state index < -0.39 is 23.3 Å². The number of hydrogen-bond donors (Lipinski definition) is 2. The predicted molar refractivity (Wildman–Crippen MR) is 122 cm³/mol. The Morgan fingerprint density at radius 1 is 0.706 bits per heavy atom. The van der Waals surface area contributed by atoms with Crippen molar-refractivity contribution in [2.24, 2.45) is 0 Å². The van der Waals surface area contributed by atoms with Crippen molar-refractivity contribution in [1.29, 1.82) is 0 Å². The molecule has 6 aromatic rings. The molecule has 166 valence electrons. The fourth-order valence-corrected chi connectivity index (χ4v) is 4.37. The first kappa shape index (κ1) is 20.2. The maximum atomic E-state index is 14.4. The van der Waals surface area contributed by atoms with Crippen molar-refractivity contribution in [3.05, 3.63) is 100 Å². The highest BCUT2D eigenvalue weighted by Crippen LogP contribution is 2.37. The fraction of sp³-hybridized carbons (Fsp3) is 0. The summed E-state index contributed by atoms with van der Waals surface area (Å²) in [5.41, 5.74) is 1.18. The maximum absolute atomic E-state index is 14.4. The van der Waals surface area contributed by atoms with Gasteiger partial charge in [0.05, 0.1) is 22.0 Å². The molecule has 4 aromatic carbocycles. The Balaban J connectivity index is 1.72. The first-order chi connectivity index (χ1) is 16.4. The van der Waals surface area contributed by atoms with Gasteiger partial charge in [0.15, 0.2) is 11.6 Å². The first-order valence-electron chi connectivity index (χ1n) is 10.3. The van der Waals surface area contributed by atoms with E-state index in [1.54, 1.807) is 24.3 Å². The van der Waals surface area contributed by atoms with Gasteiger partial charge >= 0.3 is 0 Å². The van der Waals surface area contributed by atoms with Gasteiger partial charge in [-0.15, -0.1) is 0 Å². The monoisotopic (exact) mass is 459 g/mol. The van der Waals surface area contributed by atoms with Crippen molar-refractivity contribution in [2.45, 2.75) is 0 Å². The molecule has 6 rings (SSSR count). The molecule has 8 heteroatoms. The largest absolute Gasteiger partial charge is 0.337 e. The SMILES string of the molecule is O=c1[nH]ccc2c3nc(-c4c(F)cccc4F)[nH]c3c3ccc(-c4ccc(F)c(F)c4)cc3c12. The molecule has 0 aliphatic carbocycles. The van der Waals surface area contributed by atoms with Crippen LogP contribution in [0.1, 0.15) is 0 Å². The lowest BCUT2D eigenvalue weighted by Gasteiger charge is -2.09. The lowest BCUT2D eigenvalue weighted by atomic mass is 9.96. The zero-order valence-electron chi connectivity index (χ0n) is 17.2. The topological polar surface area (TPSA) is 61.5 Å². The van der Waals surface area contributed by atoms with Crippen LogP contribution in [0.5, 0.6) is 0 Å². The molecule has 0 aliphatic heterocycles. The van der Waals surface area contributed by atoms with Gasteiger partial charge in [-0.2, -0.15) is 0 Å². The predicted octanol–water partition coefficient (Wildman–Crippen LogP) is 6.45. The summed E-state index contributed by atoms with van der Waals surface area (Å²) in [6.07, 6.45) is 1.47. The number of nitrogens with one attached hydrogen (secondary N) is 2. The van der Waals surface area contributed by atoms with Crippen LogP contribution in [-0.2, 0) is 0 Å². The van der Waals surface area contributed by atoms with Crippen LogP contribution in [0.15, 0.2) is 71.7 Å². The van der Waals surface area contributed by atoms with Crippen LogP contribution in [0.2, 0.25) is 0 Å². The molecule has 0 spiro atoms. The van der Waals surface area contributed by atoms with Crippen molar-refractivity contribution >= 4 is 32.6 Å². The Bertz CT molecular complexity index is 1820. The van der Waals surface area contributed by atoms with E-state index in [1.165, 1.54) is 18.3 Å². The van der Waals surface area contributed by atoms with Gasteiger partial charge in [0.1, 0.15) is 17.5 Å². The number of benzene rings is 4. The van der Waals surface area contributed by atoms with E-state index in [0.29, 0.717) is 43.7 Å². The normalized spacial score (nSPS) is 11.6. The Morgan fingerprint density at radius 3 is 2.21 bits per heavy atom. The summed E-state index contributed by atoms with van der Waals surface area (Å²) >= 11 is 0. The lowest BCUT2D eigenvalue weighted by Crippen LogP contribution is -2.05. The van der Waals surface area contributed by atoms with Gasteiger partial charge in [-0.25, -0.2) is 22.5 Å². The highest BCUT2D eigenvalue weighted by molar-refractivity contribution is 6.23. The molecular weight excluding hydrogens is 446 g/mol. The Morgan fingerprint density at radius 2 is 1.44 bits per heavy atom. The van der Waals surface area contributed by atoms with Crippen molar-refractivity contribution in [3.8, 4) is 22.5 Å². The fourth-order valence-electron chi connectivity index (χ4n) is 4.37. The van der Waals surface area contributed by atoms with Gasteiger partial charge in [-0.05, 0) is 52.9 Å². The molecule has 0 bridgehead atoms. The molecule has 2 aromatic heterocycles. The molecular formula is C26H13F4N3O. The third-order valence-corrected chi connectivity index (χ3v) is 5.93. The van der Waals surface area contributed by atoms with Gasteiger partial charge in [0, 0.05) is 17.0 Å². The molecule has 0 radical (unpaired) electrons. The number of pyridine rings is 1. The molecule has 0 amide bonds. The molecule has 0 saturated carbocycles. The van der Waals surface area contributed by atoms with Crippen molar-refractivity contribution < 1.29 is 17.6 Å². The van der Waals surface area contributed by atoms with Crippen LogP contribution in [-0.4, -0.2) is 15.0 Å². The summed E-state index contributed by atoms with van der Waals surface area (Å²) in [4.78, 5) is 22.9. The quantitative estimate of drug-likeness (QED) is 0.231. The summed E-state index contributed by atoms with van der Waals surface area (Å²) in [5, 5.41) is 1.91. The number of hydrogen-bond acceptors (Lipinski definition) is 2. The Labute approximate surface area is 188 Å². The van der Waals surface area contributed by atoms with Crippen LogP contribution in [0.3, 0.4) is 0 Å². The molecule has 0 atom stereocenters. The Hall–Kier alpha value is -4.46. The van der Waals surface area contributed by atoms with E-state index in [4.69, 9.17) is 0 Å². The van der Waals surface area contributed by atoms with E-state index in [0.717, 1.165) is 24.3 Å². The number of aromatic amines is 2. The number of fused-ring (bicyclic) bond motifs is 6. The maximum Gasteiger partial charge on any atom is 0.256 e. The highest BCUT2D eigenvalue weighted by atomic mass is 19.2. The van der Waals surface area contributed by atoms with E-state index in [-0.39, 0.29) is 16.9 Å². The second kappa shape index (κ2) is 7.28. The van der Waals surface area contributed by atoms with Gasteiger partial charge in [0.25, 0.3) is 5.56 Å². The minimum absolute atomic E-state index is 0.00985. The summed E-state index contributed by atoms with van der Waals surface area (Å²) in [5.74, 6) is -3.50. The summed E-state index contributed by atoms with van der Waals surface area (Å²) in [6, 6.07) is 13.9. The minimum Gasteiger partial charge on any atom is -0.337 e. The molecule has 0 unspecified atom stereocenters. The van der Waals surface area contributed by atoms with E-state index in [1.807, 2.05) is 0 Å². The molecule has 4 nitrogen and oxygen atoms in total. The third-order valence-electron chi connectivity index (χ3n) is 5.93. The van der Waals surface area contributed by atoms with Gasteiger partial charge in [0.2, 0.25) is 0 Å². The van der Waals surface area contributed by atoms with Crippen LogP contribution < -0.4 is 5.56 Å². The molecule has 0 saturated heterocycles. The van der Waals surface area contributed by atoms with Crippen LogP contribution in [0.25, 0.3) is 55.1 Å². The molecule has 34 heavy (non-hydrogen) atoms. The number of aromatic nitrogens is 3. The smallest absolute Gasteiger partial charge is 0.256 e. The lowest BCUT2D eigenvalue weighted by molar-refractivity contribution is 0.509. The average molecular weight is 459 g/mol. The van der Waals surface area contributed by atoms with E-state index >= 15 is 0 Å². The van der Waals surface area contributed by atoms with Crippen LogP contribution >= 0.6 is 0 Å². The number of rotatable bonds is 2. The average Bonchev–Trinajstić information content (AvgIpc) is 3.26. The number of H-pyrrole nitrogens is 2. The molecule has 2 heterocycles.